The van der Waals surface area contributed by atoms with Crippen molar-refractivity contribution in [3.05, 3.63) is 42.2 Å². The van der Waals surface area contributed by atoms with Gasteiger partial charge in [-0.2, -0.15) is 5.10 Å². The number of carbonyl (C=O) groups excluding carboxylic acids is 1. The summed E-state index contributed by atoms with van der Waals surface area (Å²) in [5.74, 6) is 1.23. The lowest BCUT2D eigenvalue weighted by Gasteiger charge is -2.33. The number of carbonyl (C=O) groups is 1. The molecule has 0 radical (unpaired) electrons. The minimum absolute atomic E-state index is 0.00389. The standard InChI is InChI=1S/C17H19N3O3/c21-17(14-5-1-6-15-16(14)23-11-10-22-15)19-8-2-4-13(12-19)20-9-3-7-18-20/h1,3,5-7,9,13H,2,4,8,10-12H2/t13-/m0/s1. The fourth-order valence-electron chi connectivity index (χ4n) is 3.26. The van der Waals surface area contributed by atoms with Gasteiger partial charge in [0, 0.05) is 25.5 Å². The molecule has 1 atom stereocenters. The Morgan fingerprint density at radius 2 is 2.13 bits per heavy atom. The van der Waals surface area contributed by atoms with Crippen LogP contribution >= 0.6 is 0 Å². The van der Waals surface area contributed by atoms with Crippen LogP contribution < -0.4 is 9.47 Å². The number of aromatic nitrogens is 2. The Bertz CT molecular complexity index is 699. The molecule has 6 heteroatoms. The number of amides is 1. The number of ether oxygens (including phenoxy) is 2. The van der Waals surface area contributed by atoms with E-state index in [2.05, 4.69) is 5.10 Å². The van der Waals surface area contributed by atoms with Crippen LogP contribution in [0.25, 0.3) is 0 Å². The van der Waals surface area contributed by atoms with Gasteiger partial charge < -0.3 is 14.4 Å². The maximum absolute atomic E-state index is 12.9. The lowest BCUT2D eigenvalue weighted by molar-refractivity contribution is 0.0663. The normalized spacial score (nSPS) is 20.3. The van der Waals surface area contributed by atoms with Crippen molar-refractivity contribution < 1.29 is 14.3 Å². The number of rotatable bonds is 2. The highest BCUT2D eigenvalue weighted by atomic mass is 16.6. The van der Waals surface area contributed by atoms with Crippen LogP contribution in [0.5, 0.6) is 11.5 Å². The number of hydrogen-bond donors (Lipinski definition) is 0. The molecule has 6 nitrogen and oxygen atoms in total. The van der Waals surface area contributed by atoms with Gasteiger partial charge in [0.1, 0.15) is 13.2 Å². The summed E-state index contributed by atoms with van der Waals surface area (Å²) in [5, 5.41) is 4.31. The van der Waals surface area contributed by atoms with E-state index >= 15 is 0 Å². The summed E-state index contributed by atoms with van der Waals surface area (Å²) in [6.07, 6.45) is 5.75. The van der Waals surface area contributed by atoms with E-state index in [9.17, 15) is 4.79 Å². The van der Waals surface area contributed by atoms with Crippen LogP contribution in [0.4, 0.5) is 0 Å². The van der Waals surface area contributed by atoms with E-state index in [1.807, 2.05) is 40.0 Å². The first-order chi connectivity index (χ1) is 11.3. The molecule has 120 valence electrons. The Balaban J connectivity index is 1.57. The summed E-state index contributed by atoms with van der Waals surface area (Å²) in [7, 11) is 0. The molecule has 1 aromatic carbocycles. The first kappa shape index (κ1) is 14.1. The Labute approximate surface area is 134 Å². The van der Waals surface area contributed by atoms with Gasteiger partial charge in [-0.1, -0.05) is 6.07 Å². The van der Waals surface area contributed by atoms with Gasteiger partial charge in [0.25, 0.3) is 5.91 Å². The van der Waals surface area contributed by atoms with Crippen LogP contribution in [0.3, 0.4) is 0 Å². The maximum Gasteiger partial charge on any atom is 0.257 e. The molecule has 23 heavy (non-hydrogen) atoms. The molecule has 0 N–H and O–H groups in total. The van der Waals surface area contributed by atoms with Crippen LogP contribution in [0, 0.1) is 0 Å². The predicted molar refractivity (Wildman–Crippen MR) is 83.8 cm³/mol. The molecule has 1 fully saturated rings. The molecule has 4 rings (SSSR count). The minimum atomic E-state index is 0.00389. The van der Waals surface area contributed by atoms with Crippen molar-refractivity contribution in [2.24, 2.45) is 0 Å². The zero-order valence-corrected chi connectivity index (χ0v) is 12.9. The van der Waals surface area contributed by atoms with E-state index < -0.39 is 0 Å². The number of para-hydroxylation sites is 1. The van der Waals surface area contributed by atoms with Gasteiger partial charge in [0.2, 0.25) is 0 Å². The number of benzene rings is 1. The van der Waals surface area contributed by atoms with Gasteiger partial charge in [0.15, 0.2) is 11.5 Å². The van der Waals surface area contributed by atoms with Crippen LogP contribution in [-0.4, -0.2) is 46.9 Å². The van der Waals surface area contributed by atoms with Crippen LogP contribution in [0.2, 0.25) is 0 Å². The molecule has 1 saturated heterocycles. The largest absolute Gasteiger partial charge is 0.486 e. The molecular weight excluding hydrogens is 294 g/mol. The molecule has 0 bridgehead atoms. The average Bonchev–Trinajstić information content (AvgIpc) is 3.15. The summed E-state index contributed by atoms with van der Waals surface area (Å²) in [6, 6.07) is 7.65. The fraction of sp³-hybridized carbons (Fsp3) is 0.412. The van der Waals surface area contributed by atoms with Crippen molar-refractivity contribution >= 4 is 5.91 Å². The maximum atomic E-state index is 12.9. The van der Waals surface area contributed by atoms with Gasteiger partial charge in [0.05, 0.1) is 11.6 Å². The van der Waals surface area contributed by atoms with Crippen LogP contribution in [-0.2, 0) is 0 Å². The third kappa shape index (κ3) is 2.65. The molecule has 0 unspecified atom stereocenters. The van der Waals surface area contributed by atoms with E-state index in [4.69, 9.17) is 9.47 Å². The van der Waals surface area contributed by atoms with Gasteiger partial charge in [-0.15, -0.1) is 0 Å². The van der Waals surface area contributed by atoms with Crippen molar-refractivity contribution in [1.82, 2.24) is 14.7 Å². The molecule has 0 saturated carbocycles. The van der Waals surface area contributed by atoms with E-state index in [0.29, 0.717) is 36.8 Å². The molecule has 2 aliphatic rings. The molecule has 2 aromatic rings. The molecular formula is C17H19N3O3. The Morgan fingerprint density at radius 3 is 3.00 bits per heavy atom. The second kappa shape index (κ2) is 5.95. The van der Waals surface area contributed by atoms with E-state index in [-0.39, 0.29) is 11.9 Å². The second-order valence-electron chi connectivity index (χ2n) is 5.86. The van der Waals surface area contributed by atoms with Crippen LogP contribution in [0.15, 0.2) is 36.7 Å². The predicted octanol–water partition coefficient (Wildman–Crippen LogP) is 2.13. The van der Waals surface area contributed by atoms with Crippen molar-refractivity contribution in [3.63, 3.8) is 0 Å². The highest BCUT2D eigenvalue weighted by Gasteiger charge is 2.29. The van der Waals surface area contributed by atoms with Gasteiger partial charge in [-0.25, -0.2) is 0 Å². The van der Waals surface area contributed by atoms with Gasteiger partial charge in [-0.3, -0.25) is 9.48 Å². The number of fused-ring (bicyclic) bond motifs is 1. The first-order valence-corrected chi connectivity index (χ1v) is 8.00. The monoisotopic (exact) mass is 313 g/mol. The summed E-state index contributed by atoms with van der Waals surface area (Å²) >= 11 is 0. The summed E-state index contributed by atoms with van der Waals surface area (Å²) < 4.78 is 13.2. The van der Waals surface area contributed by atoms with E-state index in [1.54, 1.807) is 6.20 Å². The van der Waals surface area contributed by atoms with Gasteiger partial charge >= 0.3 is 0 Å². The third-order valence-corrected chi connectivity index (χ3v) is 4.38. The summed E-state index contributed by atoms with van der Waals surface area (Å²) in [4.78, 5) is 14.8. The molecule has 0 aliphatic carbocycles. The summed E-state index contributed by atoms with van der Waals surface area (Å²) in [5.41, 5.74) is 0.586. The first-order valence-electron chi connectivity index (χ1n) is 8.00. The smallest absolute Gasteiger partial charge is 0.257 e. The molecule has 3 heterocycles. The molecule has 1 amide bonds. The molecule has 0 spiro atoms. The average molecular weight is 313 g/mol. The lowest BCUT2D eigenvalue weighted by atomic mass is 10.0. The number of piperidine rings is 1. The van der Waals surface area contributed by atoms with E-state index in [1.165, 1.54) is 0 Å². The Kier molecular flexibility index (Phi) is 3.65. The van der Waals surface area contributed by atoms with E-state index in [0.717, 1.165) is 19.4 Å². The zero-order chi connectivity index (χ0) is 15.6. The lowest BCUT2D eigenvalue weighted by Crippen LogP contribution is -2.41. The van der Waals surface area contributed by atoms with Crippen molar-refractivity contribution in [2.75, 3.05) is 26.3 Å². The topological polar surface area (TPSA) is 56.6 Å². The summed E-state index contributed by atoms with van der Waals surface area (Å²) in [6.45, 7) is 2.44. The number of likely N-dealkylation sites (tertiary alicyclic amines) is 1. The fourth-order valence-corrected chi connectivity index (χ4v) is 3.26. The van der Waals surface area contributed by atoms with Gasteiger partial charge in [-0.05, 0) is 31.0 Å². The minimum Gasteiger partial charge on any atom is -0.486 e. The third-order valence-electron chi connectivity index (χ3n) is 4.38. The Morgan fingerprint density at radius 1 is 1.22 bits per heavy atom. The Hall–Kier alpha value is -2.50. The van der Waals surface area contributed by atoms with Crippen molar-refractivity contribution in [1.29, 1.82) is 0 Å². The SMILES string of the molecule is O=C(c1cccc2c1OCCO2)N1CCC[C@H](n2cccn2)C1. The quantitative estimate of drug-likeness (QED) is 0.852. The van der Waals surface area contributed by atoms with Crippen molar-refractivity contribution in [3.8, 4) is 11.5 Å². The number of hydrogen-bond acceptors (Lipinski definition) is 4. The highest BCUT2D eigenvalue weighted by molar-refractivity contribution is 5.98. The molecule has 2 aliphatic heterocycles. The number of nitrogens with zero attached hydrogens (tertiary/aromatic N) is 3. The second-order valence-corrected chi connectivity index (χ2v) is 5.86. The highest BCUT2D eigenvalue weighted by Crippen LogP contribution is 2.35. The van der Waals surface area contributed by atoms with Crippen molar-refractivity contribution in [2.45, 2.75) is 18.9 Å². The van der Waals surface area contributed by atoms with Crippen LogP contribution in [0.1, 0.15) is 29.2 Å². The molecule has 1 aromatic heterocycles. The zero-order valence-electron chi connectivity index (χ0n) is 12.9.